The number of ether oxygens (including phenoxy) is 1. The summed E-state index contributed by atoms with van der Waals surface area (Å²) in [6.07, 6.45) is 1.55. The number of rotatable bonds is 1. The van der Waals surface area contributed by atoms with Crippen molar-refractivity contribution in [3.05, 3.63) is 0 Å². The van der Waals surface area contributed by atoms with Crippen LogP contribution >= 0.6 is 0 Å². The summed E-state index contributed by atoms with van der Waals surface area (Å²) in [4.78, 5) is 0. The van der Waals surface area contributed by atoms with Crippen LogP contribution in [0.15, 0.2) is 0 Å². The van der Waals surface area contributed by atoms with Gasteiger partial charge in [-0.05, 0) is 13.8 Å². The van der Waals surface area contributed by atoms with Gasteiger partial charge in [0.05, 0.1) is 12.7 Å². The van der Waals surface area contributed by atoms with Gasteiger partial charge in [-0.15, -0.1) is 0 Å². The highest BCUT2D eigenvalue weighted by molar-refractivity contribution is 7.89. The SMILES string of the molecule is CC1CN(S(C)(=N)=O)C(C)CO1. The van der Waals surface area contributed by atoms with E-state index in [2.05, 4.69) is 0 Å². The summed E-state index contributed by atoms with van der Waals surface area (Å²) in [7, 11) is -2.55. The van der Waals surface area contributed by atoms with Gasteiger partial charge in [-0.1, -0.05) is 0 Å². The van der Waals surface area contributed by atoms with E-state index < -0.39 is 9.92 Å². The lowest BCUT2D eigenvalue weighted by atomic mass is 10.2. The number of nitrogens with one attached hydrogen (secondary N) is 1. The molecule has 1 heterocycles. The third-order valence-electron chi connectivity index (χ3n) is 2.00. The van der Waals surface area contributed by atoms with Crippen molar-refractivity contribution in [2.24, 2.45) is 0 Å². The molecule has 1 saturated heterocycles. The molecule has 0 aromatic heterocycles. The zero-order valence-electron chi connectivity index (χ0n) is 7.74. The van der Waals surface area contributed by atoms with Gasteiger partial charge in [-0.3, -0.25) is 0 Å². The number of hydrogen-bond donors (Lipinski definition) is 1. The molecule has 4 nitrogen and oxygen atoms in total. The van der Waals surface area contributed by atoms with Gasteiger partial charge in [0, 0.05) is 18.8 Å². The van der Waals surface area contributed by atoms with E-state index in [4.69, 9.17) is 9.52 Å². The fourth-order valence-electron chi connectivity index (χ4n) is 1.36. The summed E-state index contributed by atoms with van der Waals surface area (Å²) >= 11 is 0. The van der Waals surface area contributed by atoms with E-state index in [0.717, 1.165) is 0 Å². The molecule has 1 fully saturated rings. The number of hydrogen-bond acceptors (Lipinski definition) is 3. The molecule has 3 atom stereocenters. The first-order chi connectivity index (χ1) is 5.41. The van der Waals surface area contributed by atoms with Crippen molar-refractivity contribution in [1.82, 2.24) is 4.31 Å². The molecular formula is C7H16N2O2S. The average molecular weight is 192 g/mol. The Hall–Kier alpha value is -0.130. The molecule has 0 radical (unpaired) electrons. The first-order valence-electron chi connectivity index (χ1n) is 4.03. The summed E-state index contributed by atoms with van der Waals surface area (Å²) in [6.45, 7) is 5.04. The number of morpholine rings is 1. The van der Waals surface area contributed by atoms with Gasteiger partial charge in [0.25, 0.3) is 0 Å². The normalized spacial score (nSPS) is 37.6. The fraction of sp³-hybridized carbons (Fsp3) is 1.00. The van der Waals surface area contributed by atoms with Crippen molar-refractivity contribution < 1.29 is 8.95 Å². The molecule has 0 saturated carbocycles. The smallest absolute Gasteiger partial charge is 0.105 e. The Balaban J connectivity index is 2.74. The van der Waals surface area contributed by atoms with Gasteiger partial charge in [0.2, 0.25) is 0 Å². The minimum Gasteiger partial charge on any atom is -0.375 e. The van der Waals surface area contributed by atoms with E-state index in [9.17, 15) is 4.21 Å². The Labute approximate surface area is 74.0 Å². The van der Waals surface area contributed by atoms with Crippen molar-refractivity contribution in [2.45, 2.75) is 26.0 Å². The molecule has 0 aromatic carbocycles. The third kappa shape index (κ3) is 2.18. The molecule has 0 aliphatic carbocycles. The van der Waals surface area contributed by atoms with Crippen molar-refractivity contribution in [3.63, 3.8) is 0 Å². The molecule has 1 aliphatic heterocycles. The summed E-state index contributed by atoms with van der Waals surface area (Å²) in [6, 6.07) is 0.0937. The predicted octanol–water partition coefficient (Wildman–Crippen LogP) is 0.687. The summed E-state index contributed by atoms with van der Waals surface area (Å²) in [5.41, 5.74) is 0. The predicted molar refractivity (Wildman–Crippen MR) is 48.4 cm³/mol. The maximum Gasteiger partial charge on any atom is 0.105 e. The molecule has 0 spiro atoms. The maximum absolute atomic E-state index is 11.4. The first-order valence-corrected chi connectivity index (χ1v) is 5.95. The fourth-order valence-corrected chi connectivity index (χ4v) is 2.60. The highest BCUT2D eigenvalue weighted by atomic mass is 32.2. The van der Waals surface area contributed by atoms with Gasteiger partial charge < -0.3 is 4.74 Å². The van der Waals surface area contributed by atoms with Crippen LogP contribution in [0.1, 0.15) is 13.8 Å². The highest BCUT2D eigenvalue weighted by Crippen LogP contribution is 2.14. The van der Waals surface area contributed by atoms with E-state index in [1.807, 2.05) is 13.8 Å². The topological polar surface area (TPSA) is 53.4 Å². The van der Waals surface area contributed by atoms with Gasteiger partial charge >= 0.3 is 0 Å². The average Bonchev–Trinajstić information content (AvgIpc) is 1.92. The Morgan fingerprint density at radius 3 is 2.58 bits per heavy atom. The molecule has 12 heavy (non-hydrogen) atoms. The second kappa shape index (κ2) is 3.32. The second-order valence-corrected chi connectivity index (χ2v) is 5.47. The third-order valence-corrected chi connectivity index (χ3v) is 3.40. The van der Waals surface area contributed by atoms with Crippen LogP contribution in [0, 0.1) is 4.78 Å². The van der Waals surface area contributed by atoms with Crippen molar-refractivity contribution in [1.29, 1.82) is 4.78 Å². The lowest BCUT2D eigenvalue weighted by Gasteiger charge is -2.36. The van der Waals surface area contributed by atoms with E-state index in [1.165, 1.54) is 6.26 Å². The van der Waals surface area contributed by atoms with Crippen molar-refractivity contribution >= 4 is 9.92 Å². The minimum atomic E-state index is -2.55. The van der Waals surface area contributed by atoms with Crippen LogP contribution in [0.2, 0.25) is 0 Å². The van der Waals surface area contributed by atoms with Crippen LogP contribution in [0.5, 0.6) is 0 Å². The van der Waals surface area contributed by atoms with Crippen molar-refractivity contribution in [2.75, 3.05) is 19.4 Å². The molecule has 1 aliphatic rings. The van der Waals surface area contributed by atoms with Crippen LogP contribution in [0.4, 0.5) is 0 Å². The number of nitrogens with zero attached hydrogens (tertiary/aromatic N) is 1. The Bertz CT molecular complexity index is 250. The Morgan fingerprint density at radius 1 is 1.58 bits per heavy atom. The molecule has 1 rings (SSSR count). The molecule has 5 heteroatoms. The van der Waals surface area contributed by atoms with Crippen LogP contribution in [-0.2, 0) is 14.7 Å². The second-order valence-electron chi connectivity index (χ2n) is 3.40. The quantitative estimate of drug-likeness (QED) is 0.664. The zero-order valence-corrected chi connectivity index (χ0v) is 8.56. The van der Waals surface area contributed by atoms with E-state index in [-0.39, 0.29) is 12.1 Å². The molecule has 0 bridgehead atoms. The van der Waals surface area contributed by atoms with E-state index in [1.54, 1.807) is 4.31 Å². The molecule has 72 valence electrons. The lowest BCUT2D eigenvalue weighted by molar-refractivity contribution is -0.0158. The summed E-state index contributed by atoms with van der Waals surface area (Å²) in [5.74, 6) is 0. The largest absolute Gasteiger partial charge is 0.375 e. The van der Waals surface area contributed by atoms with Gasteiger partial charge in [-0.25, -0.2) is 13.3 Å². The molecule has 3 unspecified atom stereocenters. The zero-order chi connectivity index (χ0) is 9.35. The first kappa shape index (κ1) is 9.95. The molecule has 0 amide bonds. The van der Waals surface area contributed by atoms with E-state index in [0.29, 0.717) is 13.2 Å². The van der Waals surface area contributed by atoms with Gasteiger partial charge in [0.15, 0.2) is 0 Å². The standard InChI is InChI=1S/C7H16N2O2S/c1-6-5-11-7(2)4-9(6)12(3,8)10/h6-8H,4-5H2,1-3H3. The Morgan fingerprint density at radius 2 is 2.17 bits per heavy atom. The van der Waals surface area contributed by atoms with Crippen molar-refractivity contribution in [3.8, 4) is 0 Å². The van der Waals surface area contributed by atoms with Crippen LogP contribution in [0.3, 0.4) is 0 Å². The molecular weight excluding hydrogens is 176 g/mol. The Kier molecular flexibility index (Phi) is 2.75. The van der Waals surface area contributed by atoms with Gasteiger partial charge in [0.1, 0.15) is 9.92 Å². The lowest BCUT2D eigenvalue weighted by Crippen LogP contribution is -2.49. The monoisotopic (exact) mass is 192 g/mol. The van der Waals surface area contributed by atoms with Crippen LogP contribution in [-0.4, -0.2) is 40.1 Å². The van der Waals surface area contributed by atoms with Crippen LogP contribution < -0.4 is 0 Å². The minimum absolute atomic E-state index is 0.0901. The maximum atomic E-state index is 11.4. The molecule has 0 aromatic rings. The van der Waals surface area contributed by atoms with Gasteiger partial charge in [-0.2, -0.15) is 0 Å². The highest BCUT2D eigenvalue weighted by Gasteiger charge is 2.27. The van der Waals surface area contributed by atoms with Crippen LogP contribution in [0.25, 0.3) is 0 Å². The molecule has 1 N–H and O–H groups in total. The van der Waals surface area contributed by atoms with E-state index >= 15 is 0 Å². The summed E-state index contributed by atoms with van der Waals surface area (Å²) in [5, 5.41) is 0. The summed E-state index contributed by atoms with van der Waals surface area (Å²) < 4.78 is 26.0.